The standard InChI is InChI=1S/C87H55B5N6S/c88-80-79(81(89)84(83(91)82(80)90)99(64-36-11-4-12-37-64,65-38-24-30-58(53-65)56-26-5-1-6-27-56)66-39-25-31-59(54-66)57-28-7-2-8-29-57)86-93-85(60-32-23-35-63(52-60)98-78-49-22-17-41-68(78)67-40-13-18-45-73(67)92(98)61-33-9-3-10-34-61)94-87(95-86)97-76-48-21-16-44-71(76)72-55-62(50-51-77(72)97)96-74-46-19-14-42-69(74)70-43-15-20-47-75(70)96/h1-55H. The SMILES string of the molecule is [B]c1c([B])c(-c2nc(-c3cccc(N4B(c5ccccc5)c5ccccc5-c5ccccc54)c3)nc(-n3c4ccccc4c4cc(-n5c6ccccc6c6ccccc65)ccc43)n2)c([B])c(S(c2ccccc2)(c2cccc(-c3ccccc3)c2)c2cccc(-c3ccccc3)c2)c1[B]. The van der Waals surface area contributed by atoms with Crippen molar-refractivity contribution in [1.29, 1.82) is 0 Å². The van der Waals surface area contributed by atoms with Crippen LogP contribution in [-0.4, -0.2) is 62.3 Å². The number of nitrogens with zero attached hydrogens (tertiary/aromatic N) is 6. The van der Waals surface area contributed by atoms with Gasteiger partial charge in [0, 0.05) is 70.0 Å². The minimum Gasteiger partial charge on any atom is -0.376 e. The smallest absolute Gasteiger partial charge is 0.328 e. The summed E-state index contributed by atoms with van der Waals surface area (Å²) in [6.07, 6.45) is 0. The van der Waals surface area contributed by atoms with Crippen LogP contribution in [0, 0.1) is 0 Å². The van der Waals surface area contributed by atoms with Crippen molar-refractivity contribution in [3.8, 4) is 67.8 Å². The van der Waals surface area contributed by atoms with E-state index in [4.69, 9.17) is 46.3 Å². The third-order valence-corrected chi connectivity index (χ3v) is 23.6. The van der Waals surface area contributed by atoms with Crippen molar-refractivity contribution in [3.63, 3.8) is 0 Å². The van der Waals surface area contributed by atoms with Crippen molar-refractivity contribution in [2.24, 2.45) is 0 Å². The first-order valence-corrected chi connectivity index (χ1v) is 34.8. The third kappa shape index (κ3) is 9.75. The van der Waals surface area contributed by atoms with Crippen molar-refractivity contribution in [1.82, 2.24) is 24.1 Å². The summed E-state index contributed by atoms with van der Waals surface area (Å²) >= 11 is 0. The Morgan fingerprint density at radius 1 is 0.303 bits per heavy atom. The van der Waals surface area contributed by atoms with Crippen LogP contribution < -0.4 is 37.6 Å². The van der Waals surface area contributed by atoms with Gasteiger partial charge in [-0.25, -0.2) is 4.98 Å². The lowest BCUT2D eigenvalue weighted by molar-refractivity contribution is 0.954. The molecule has 3 aromatic heterocycles. The maximum absolute atomic E-state index is 8.23. The first-order chi connectivity index (χ1) is 48.8. The van der Waals surface area contributed by atoms with Gasteiger partial charge in [-0.05, 0) is 129 Å². The van der Waals surface area contributed by atoms with E-state index in [0.717, 1.165) is 103 Å². The molecule has 0 saturated carbocycles. The Kier molecular flexibility index (Phi) is 14.7. The van der Waals surface area contributed by atoms with E-state index >= 15 is 0 Å². The van der Waals surface area contributed by atoms with Crippen LogP contribution in [0.15, 0.2) is 353 Å². The fraction of sp³-hybridized carbons (Fsp3) is 0. The van der Waals surface area contributed by atoms with Gasteiger partial charge in [0.1, 0.15) is 31.4 Å². The molecule has 1 aliphatic rings. The Morgan fingerprint density at radius 3 is 1.43 bits per heavy atom. The molecule has 0 amide bonds. The molecule has 14 aromatic carbocycles. The average molecular weight is 1270 g/mol. The molecule has 17 aromatic rings. The first kappa shape index (κ1) is 59.6. The van der Waals surface area contributed by atoms with Crippen LogP contribution in [0.4, 0.5) is 11.4 Å². The van der Waals surface area contributed by atoms with E-state index < -0.39 is 10.0 Å². The highest BCUT2D eigenvalue weighted by Crippen LogP contribution is 2.73. The summed E-state index contributed by atoms with van der Waals surface area (Å²) in [4.78, 5) is 22.9. The molecule has 454 valence electrons. The molecule has 0 fully saturated rings. The number of hydrogen-bond acceptors (Lipinski definition) is 4. The second-order valence-corrected chi connectivity index (χ2v) is 28.2. The number of benzene rings is 14. The summed E-state index contributed by atoms with van der Waals surface area (Å²) in [6, 6.07) is 118. The van der Waals surface area contributed by atoms with E-state index in [1.165, 1.54) is 21.8 Å². The molecule has 0 spiro atoms. The first-order valence-electron chi connectivity index (χ1n) is 33.2. The number of hydrogen-bond donors (Lipinski definition) is 0. The summed E-state index contributed by atoms with van der Waals surface area (Å²) in [5, 5.41) is 4.39. The molecule has 0 atom stereocenters. The number of rotatable bonds is 12. The fourth-order valence-corrected chi connectivity index (χ4v) is 19.3. The van der Waals surface area contributed by atoms with Crippen LogP contribution in [0.3, 0.4) is 0 Å². The second-order valence-electron chi connectivity index (χ2n) is 25.1. The van der Waals surface area contributed by atoms with E-state index in [1.807, 2.05) is 18.2 Å². The van der Waals surface area contributed by atoms with Gasteiger partial charge in [-0.1, -0.05) is 265 Å². The lowest BCUT2D eigenvalue weighted by atomic mass is 9.46. The molecule has 0 bridgehead atoms. The summed E-state index contributed by atoms with van der Waals surface area (Å²) in [5.74, 6) is 0.947. The Morgan fingerprint density at radius 2 is 0.788 bits per heavy atom. The van der Waals surface area contributed by atoms with Crippen LogP contribution >= 0.6 is 10.0 Å². The maximum Gasteiger partial charge on any atom is 0.328 e. The molecule has 18 rings (SSSR count). The zero-order valence-corrected chi connectivity index (χ0v) is 54.5. The molecular formula is C87H55B5N6S. The molecule has 6 nitrogen and oxygen atoms in total. The molecule has 0 saturated heterocycles. The van der Waals surface area contributed by atoms with E-state index in [9.17, 15) is 0 Å². The predicted molar refractivity (Wildman–Crippen MR) is 417 cm³/mol. The van der Waals surface area contributed by atoms with E-state index in [0.29, 0.717) is 22.2 Å². The number of aromatic nitrogens is 5. The Hall–Kier alpha value is -11.8. The lowest BCUT2D eigenvalue weighted by Gasteiger charge is -2.46. The second kappa shape index (κ2) is 24.4. The molecule has 0 aliphatic carbocycles. The van der Waals surface area contributed by atoms with Crippen molar-refractivity contribution in [3.05, 3.63) is 334 Å². The van der Waals surface area contributed by atoms with Gasteiger partial charge < -0.3 is 9.38 Å². The van der Waals surface area contributed by atoms with Gasteiger partial charge >= 0.3 is 6.85 Å². The van der Waals surface area contributed by atoms with E-state index in [2.05, 4.69) is 329 Å². The van der Waals surface area contributed by atoms with Crippen LogP contribution in [-0.2, 0) is 0 Å². The molecule has 8 radical (unpaired) electrons. The van der Waals surface area contributed by atoms with Crippen molar-refractivity contribution >= 4 is 136 Å². The van der Waals surface area contributed by atoms with Crippen molar-refractivity contribution in [2.75, 3.05) is 4.81 Å². The lowest BCUT2D eigenvalue weighted by Crippen LogP contribution is -2.57. The van der Waals surface area contributed by atoms with Crippen molar-refractivity contribution < 1.29 is 0 Å². The Bertz CT molecular complexity index is 5890. The highest BCUT2D eigenvalue weighted by atomic mass is 32.3. The monoisotopic (exact) mass is 1270 g/mol. The van der Waals surface area contributed by atoms with Gasteiger partial charge in [-0.15, -0.1) is 15.5 Å². The average Bonchev–Trinajstić information content (AvgIpc) is 1.30. The minimum atomic E-state index is -2.79. The number of anilines is 2. The van der Waals surface area contributed by atoms with Gasteiger partial charge in [0.25, 0.3) is 0 Å². The van der Waals surface area contributed by atoms with E-state index in [-0.39, 0.29) is 34.5 Å². The molecule has 1 aliphatic heterocycles. The van der Waals surface area contributed by atoms with E-state index in [1.54, 1.807) is 0 Å². The highest BCUT2D eigenvalue weighted by Gasteiger charge is 2.40. The number of para-hydroxylation sites is 4. The molecule has 0 N–H and O–H groups in total. The van der Waals surface area contributed by atoms with Gasteiger partial charge in [0.05, 0.1) is 22.1 Å². The zero-order valence-electron chi connectivity index (χ0n) is 53.7. The zero-order chi connectivity index (χ0) is 66.3. The largest absolute Gasteiger partial charge is 0.376 e. The van der Waals surface area contributed by atoms with Crippen LogP contribution in [0.2, 0.25) is 0 Å². The molecule has 99 heavy (non-hydrogen) atoms. The highest BCUT2D eigenvalue weighted by molar-refractivity contribution is 8.34. The summed E-state index contributed by atoms with van der Waals surface area (Å²) in [5.41, 5.74) is 17.8. The summed E-state index contributed by atoms with van der Waals surface area (Å²) in [7, 11) is 28.4. The van der Waals surface area contributed by atoms with Gasteiger partial charge in [-0.2, -0.15) is 9.97 Å². The molecular weight excluding hydrogens is 1220 g/mol. The van der Waals surface area contributed by atoms with Crippen LogP contribution in [0.25, 0.3) is 111 Å². The minimum absolute atomic E-state index is 0.148. The predicted octanol–water partition coefficient (Wildman–Crippen LogP) is 16.2. The number of fused-ring (bicyclic) bond motifs is 9. The maximum atomic E-state index is 8.23. The summed E-state index contributed by atoms with van der Waals surface area (Å²) < 4.78 is 4.49. The Labute approximate surface area is 582 Å². The molecule has 4 heterocycles. The fourth-order valence-electron chi connectivity index (χ4n) is 15.2. The topological polar surface area (TPSA) is 51.8 Å². The quantitative estimate of drug-likeness (QED) is 0.114. The van der Waals surface area contributed by atoms with Gasteiger partial charge in [0.15, 0.2) is 11.6 Å². The third-order valence-electron chi connectivity index (χ3n) is 19.6. The van der Waals surface area contributed by atoms with Gasteiger partial charge in [0.2, 0.25) is 5.95 Å². The Balaban J connectivity index is 0.915. The van der Waals surface area contributed by atoms with Crippen LogP contribution in [0.5, 0.6) is 0 Å². The van der Waals surface area contributed by atoms with Crippen LogP contribution in [0.1, 0.15) is 0 Å². The van der Waals surface area contributed by atoms with Crippen molar-refractivity contribution in [2.45, 2.75) is 19.6 Å². The van der Waals surface area contributed by atoms with Gasteiger partial charge in [-0.3, -0.25) is 4.57 Å². The summed E-state index contributed by atoms with van der Waals surface area (Å²) in [6.45, 7) is -0.188. The molecule has 0 unspecified atom stereocenters. The molecule has 12 heteroatoms. The normalized spacial score (nSPS) is 12.3.